The van der Waals surface area contributed by atoms with E-state index < -0.39 is 5.91 Å². The molecule has 0 aromatic heterocycles. The van der Waals surface area contributed by atoms with Gasteiger partial charge in [-0.25, -0.2) is 0 Å². The first kappa shape index (κ1) is 23.1. The number of methoxy groups -OCH3 is 1. The predicted molar refractivity (Wildman–Crippen MR) is 135 cm³/mol. The zero-order valence-electron chi connectivity index (χ0n) is 19.0. The first-order valence-electron chi connectivity index (χ1n) is 10.8. The lowest BCUT2D eigenvalue weighted by Crippen LogP contribution is -2.13. The molecule has 0 radical (unpaired) electrons. The molecule has 0 aliphatic carbocycles. The molecule has 1 N–H and O–H groups in total. The molecule has 35 heavy (non-hydrogen) atoms. The van der Waals surface area contributed by atoms with E-state index in [9.17, 15) is 15.3 Å². The molecule has 0 aliphatic heterocycles. The summed E-state index contributed by atoms with van der Waals surface area (Å²) in [7, 11) is 1.54. The Morgan fingerprint density at radius 1 is 0.971 bits per heavy atom. The first-order chi connectivity index (χ1) is 17.1. The van der Waals surface area contributed by atoms with Crippen LogP contribution in [0.4, 0.5) is 5.69 Å². The molecule has 0 unspecified atom stereocenters. The zero-order valence-corrected chi connectivity index (χ0v) is 19.0. The maximum absolute atomic E-state index is 12.9. The van der Waals surface area contributed by atoms with Crippen LogP contribution in [0.2, 0.25) is 0 Å². The van der Waals surface area contributed by atoms with Crippen LogP contribution in [-0.4, -0.2) is 13.0 Å². The monoisotopic (exact) mass is 459 g/mol. The summed E-state index contributed by atoms with van der Waals surface area (Å²) in [5, 5.41) is 23.7. The molecule has 0 aliphatic rings. The van der Waals surface area contributed by atoms with Crippen molar-refractivity contribution in [2.24, 2.45) is 0 Å². The molecular formula is C29H21N3O3. The van der Waals surface area contributed by atoms with Crippen molar-refractivity contribution in [2.75, 3.05) is 12.4 Å². The highest BCUT2D eigenvalue weighted by molar-refractivity contribution is 6.11. The van der Waals surface area contributed by atoms with Gasteiger partial charge < -0.3 is 14.8 Å². The number of carbonyl (C=O) groups excluding carboxylic acids is 1. The summed E-state index contributed by atoms with van der Waals surface area (Å²) >= 11 is 0. The van der Waals surface area contributed by atoms with E-state index in [2.05, 4.69) is 11.4 Å². The van der Waals surface area contributed by atoms with Crippen LogP contribution >= 0.6 is 0 Å². The molecule has 0 atom stereocenters. The number of anilines is 1. The summed E-state index contributed by atoms with van der Waals surface area (Å²) in [5.74, 6) is 0.542. The minimum Gasteiger partial charge on any atom is -0.497 e. The van der Waals surface area contributed by atoms with Gasteiger partial charge in [-0.2, -0.15) is 10.5 Å². The van der Waals surface area contributed by atoms with E-state index in [0.717, 1.165) is 16.3 Å². The number of benzene rings is 4. The first-order valence-corrected chi connectivity index (χ1v) is 10.8. The van der Waals surface area contributed by atoms with E-state index in [0.29, 0.717) is 28.3 Å². The van der Waals surface area contributed by atoms with Crippen LogP contribution in [0.15, 0.2) is 90.5 Å². The normalized spacial score (nSPS) is 10.8. The largest absolute Gasteiger partial charge is 0.497 e. The van der Waals surface area contributed by atoms with Crippen molar-refractivity contribution in [2.45, 2.75) is 6.61 Å². The van der Waals surface area contributed by atoms with Crippen molar-refractivity contribution in [1.82, 2.24) is 0 Å². The zero-order chi connectivity index (χ0) is 24.6. The molecule has 4 aromatic carbocycles. The minimum absolute atomic E-state index is 0.0774. The number of ether oxygens (including phenoxy) is 2. The van der Waals surface area contributed by atoms with Gasteiger partial charge in [-0.15, -0.1) is 0 Å². The van der Waals surface area contributed by atoms with Gasteiger partial charge in [-0.1, -0.05) is 54.6 Å². The number of hydrogen-bond acceptors (Lipinski definition) is 5. The summed E-state index contributed by atoms with van der Waals surface area (Å²) in [6.07, 6.45) is 1.53. The summed E-state index contributed by atoms with van der Waals surface area (Å²) in [6.45, 7) is 0.167. The molecule has 0 saturated carbocycles. The number of rotatable bonds is 7. The lowest BCUT2D eigenvalue weighted by Gasteiger charge is -2.13. The third kappa shape index (κ3) is 5.30. The maximum atomic E-state index is 12.9. The highest BCUT2D eigenvalue weighted by atomic mass is 16.5. The lowest BCUT2D eigenvalue weighted by molar-refractivity contribution is -0.112. The van der Waals surface area contributed by atoms with Crippen molar-refractivity contribution in [3.8, 4) is 23.6 Å². The van der Waals surface area contributed by atoms with E-state index >= 15 is 0 Å². The average Bonchev–Trinajstić information content (AvgIpc) is 2.90. The minimum atomic E-state index is -0.547. The van der Waals surface area contributed by atoms with Crippen LogP contribution in [-0.2, 0) is 11.4 Å². The van der Waals surface area contributed by atoms with E-state index in [1.807, 2.05) is 48.5 Å². The fourth-order valence-electron chi connectivity index (χ4n) is 3.65. The molecule has 6 nitrogen and oxygen atoms in total. The molecule has 0 fully saturated rings. The summed E-state index contributed by atoms with van der Waals surface area (Å²) < 4.78 is 11.3. The van der Waals surface area contributed by atoms with Crippen LogP contribution in [0, 0.1) is 22.7 Å². The molecule has 0 saturated heterocycles. The topological polar surface area (TPSA) is 95.1 Å². The van der Waals surface area contributed by atoms with Crippen molar-refractivity contribution in [3.63, 3.8) is 0 Å². The SMILES string of the molecule is COc1cccc(NC(=O)/C(C#N)=C\c2c(OCc3ccccc3C#N)ccc3ccccc23)c1. The summed E-state index contributed by atoms with van der Waals surface area (Å²) in [4.78, 5) is 12.9. The number of nitrogens with one attached hydrogen (secondary N) is 1. The molecular weight excluding hydrogens is 438 g/mol. The fourth-order valence-corrected chi connectivity index (χ4v) is 3.65. The van der Waals surface area contributed by atoms with Crippen LogP contribution < -0.4 is 14.8 Å². The molecule has 170 valence electrons. The van der Waals surface area contributed by atoms with E-state index in [4.69, 9.17) is 9.47 Å². The Morgan fingerprint density at radius 2 is 1.77 bits per heavy atom. The van der Waals surface area contributed by atoms with Gasteiger partial charge in [0.15, 0.2) is 0 Å². The van der Waals surface area contributed by atoms with Gasteiger partial charge in [0, 0.05) is 22.9 Å². The quantitative estimate of drug-likeness (QED) is 0.276. The van der Waals surface area contributed by atoms with Crippen molar-refractivity contribution < 1.29 is 14.3 Å². The number of carbonyl (C=O) groups is 1. The second-order valence-electron chi connectivity index (χ2n) is 7.61. The second kappa shape index (κ2) is 10.7. The fraction of sp³-hybridized carbons (Fsp3) is 0.0690. The van der Waals surface area contributed by atoms with Crippen LogP contribution in [0.1, 0.15) is 16.7 Å². The number of amides is 1. The standard InChI is InChI=1S/C29H21N3O3/c1-34-25-11-6-10-24(16-25)32-29(33)23(18-31)15-27-26-12-5-4-7-20(26)13-14-28(27)35-19-22-9-3-2-8-21(22)17-30/h2-16H,19H2,1H3,(H,32,33)/b23-15-. The molecule has 6 heteroatoms. The Labute approximate surface area is 203 Å². The molecule has 0 bridgehead atoms. The average molecular weight is 460 g/mol. The second-order valence-corrected chi connectivity index (χ2v) is 7.61. The van der Waals surface area contributed by atoms with Gasteiger partial charge in [0.05, 0.1) is 18.7 Å². The molecule has 0 spiro atoms. The summed E-state index contributed by atoms with van der Waals surface area (Å²) in [6, 6.07) is 29.7. The van der Waals surface area contributed by atoms with E-state index in [-0.39, 0.29) is 12.2 Å². The maximum Gasteiger partial charge on any atom is 0.266 e. The van der Waals surface area contributed by atoms with Gasteiger partial charge in [0.1, 0.15) is 29.7 Å². The Bertz CT molecular complexity index is 1510. The summed E-state index contributed by atoms with van der Waals surface area (Å²) in [5.41, 5.74) is 2.31. The molecule has 4 rings (SSSR count). The predicted octanol–water partition coefficient (Wildman–Crippen LogP) is 5.84. The number of fused-ring (bicyclic) bond motifs is 1. The highest BCUT2D eigenvalue weighted by Crippen LogP contribution is 2.31. The molecule has 4 aromatic rings. The number of nitriles is 2. The smallest absolute Gasteiger partial charge is 0.266 e. The van der Waals surface area contributed by atoms with Crippen molar-refractivity contribution in [3.05, 3.63) is 107 Å². The number of hydrogen-bond donors (Lipinski definition) is 1. The van der Waals surface area contributed by atoms with Crippen molar-refractivity contribution in [1.29, 1.82) is 10.5 Å². The van der Waals surface area contributed by atoms with Crippen LogP contribution in [0.5, 0.6) is 11.5 Å². The van der Waals surface area contributed by atoms with Gasteiger partial charge in [0.2, 0.25) is 0 Å². The van der Waals surface area contributed by atoms with Crippen LogP contribution in [0.25, 0.3) is 16.8 Å². The number of nitrogens with zero attached hydrogens (tertiary/aromatic N) is 2. The van der Waals surface area contributed by atoms with Gasteiger partial charge >= 0.3 is 0 Å². The van der Waals surface area contributed by atoms with E-state index in [1.54, 1.807) is 49.6 Å². The van der Waals surface area contributed by atoms with Crippen molar-refractivity contribution >= 4 is 28.4 Å². The molecule has 1 amide bonds. The van der Waals surface area contributed by atoms with E-state index in [1.165, 1.54) is 6.08 Å². The molecule has 0 heterocycles. The van der Waals surface area contributed by atoms with Gasteiger partial charge in [-0.3, -0.25) is 4.79 Å². The van der Waals surface area contributed by atoms with Gasteiger partial charge in [-0.05, 0) is 41.1 Å². The Morgan fingerprint density at radius 3 is 2.57 bits per heavy atom. The third-order valence-corrected chi connectivity index (χ3v) is 5.43. The third-order valence-electron chi connectivity index (χ3n) is 5.43. The Hall–Kier alpha value is -5.07. The Kier molecular flexibility index (Phi) is 7.06. The lowest BCUT2D eigenvalue weighted by atomic mass is 10.0. The highest BCUT2D eigenvalue weighted by Gasteiger charge is 2.15. The Balaban J connectivity index is 1.70. The van der Waals surface area contributed by atoms with Gasteiger partial charge in [0.25, 0.3) is 5.91 Å². The van der Waals surface area contributed by atoms with Crippen LogP contribution in [0.3, 0.4) is 0 Å².